The van der Waals surface area contributed by atoms with Crippen molar-refractivity contribution in [3.05, 3.63) is 0 Å². The molecule has 0 N–H and O–H groups in total. The number of ether oxygens (including phenoxy) is 4. The minimum absolute atomic E-state index is 0.0505. The second kappa shape index (κ2) is 9.23. The average molecular weight is 332 g/mol. The molecule has 0 aliphatic rings. The fraction of sp³-hybridized carbons (Fsp3) is 0.882. The van der Waals surface area contributed by atoms with Crippen molar-refractivity contribution >= 4 is 11.9 Å². The van der Waals surface area contributed by atoms with Gasteiger partial charge in [0.1, 0.15) is 0 Å². The van der Waals surface area contributed by atoms with Crippen molar-refractivity contribution in [1.29, 1.82) is 0 Å². The highest BCUT2D eigenvalue weighted by atomic mass is 16.7. The Morgan fingerprint density at radius 2 is 1.26 bits per heavy atom. The Morgan fingerprint density at radius 3 is 1.65 bits per heavy atom. The summed E-state index contributed by atoms with van der Waals surface area (Å²) in [6.45, 7) is 14.8. The van der Waals surface area contributed by atoms with E-state index >= 15 is 0 Å². The van der Waals surface area contributed by atoms with Gasteiger partial charge in [-0.2, -0.15) is 0 Å². The fourth-order valence-electron chi connectivity index (χ4n) is 1.76. The molecular weight excluding hydrogens is 300 g/mol. The molecule has 2 atom stereocenters. The number of hydrogen-bond acceptors (Lipinski definition) is 6. The first-order valence-electron chi connectivity index (χ1n) is 8.07. The van der Waals surface area contributed by atoms with Crippen molar-refractivity contribution in [3.8, 4) is 0 Å². The van der Waals surface area contributed by atoms with Crippen molar-refractivity contribution < 1.29 is 28.5 Å². The van der Waals surface area contributed by atoms with E-state index in [4.69, 9.17) is 18.9 Å². The third kappa shape index (κ3) is 13.0. The zero-order chi connectivity index (χ0) is 18.3. The van der Waals surface area contributed by atoms with Gasteiger partial charge in [-0.25, -0.2) is 0 Å². The minimum Gasteiger partial charge on any atom is -0.436 e. The van der Waals surface area contributed by atoms with Crippen LogP contribution < -0.4 is 0 Å². The maximum Gasteiger partial charge on any atom is 0.308 e. The molecule has 0 fully saturated rings. The maximum absolute atomic E-state index is 11.8. The average Bonchev–Trinajstić information content (AvgIpc) is 2.31. The molecule has 0 bridgehead atoms. The highest BCUT2D eigenvalue weighted by Crippen LogP contribution is 2.15. The van der Waals surface area contributed by atoms with Crippen LogP contribution in [0.5, 0.6) is 0 Å². The molecule has 23 heavy (non-hydrogen) atoms. The summed E-state index contributed by atoms with van der Waals surface area (Å²) in [4.78, 5) is 23.5. The smallest absolute Gasteiger partial charge is 0.308 e. The van der Waals surface area contributed by atoms with E-state index in [1.807, 2.05) is 48.5 Å². The quantitative estimate of drug-likeness (QED) is 0.500. The summed E-state index contributed by atoms with van der Waals surface area (Å²) < 4.78 is 21.4. The van der Waals surface area contributed by atoms with Crippen LogP contribution in [0.3, 0.4) is 0 Å². The Labute approximate surface area is 139 Å². The normalized spacial score (nSPS) is 15.0. The second-order valence-corrected chi connectivity index (χ2v) is 7.35. The zero-order valence-corrected chi connectivity index (χ0v) is 15.7. The lowest BCUT2D eigenvalue weighted by Crippen LogP contribution is -2.31. The molecule has 0 spiro atoms. The van der Waals surface area contributed by atoms with E-state index < -0.39 is 35.7 Å². The van der Waals surface area contributed by atoms with Crippen molar-refractivity contribution in [2.45, 2.75) is 98.4 Å². The SMILES string of the molecule is CCC(OC(=O)CCC(=O)OC(C)OC(C)(C)C)OC(C)(C)C. The van der Waals surface area contributed by atoms with Crippen LogP contribution in [-0.4, -0.2) is 35.7 Å². The van der Waals surface area contributed by atoms with Gasteiger partial charge in [-0.3, -0.25) is 9.59 Å². The highest BCUT2D eigenvalue weighted by molar-refractivity contribution is 5.77. The largest absolute Gasteiger partial charge is 0.436 e. The topological polar surface area (TPSA) is 71.1 Å². The van der Waals surface area contributed by atoms with E-state index in [9.17, 15) is 9.59 Å². The monoisotopic (exact) mass is 332 g/mol. The third-order valence-corrected chi connectivity index (χ3v) is 2.43. The molecule has 0 aromatic carbocycles. The molecule has 0 aliphatic carbocycles. The fourth-order valence-corrected chi connectivity index (χ4v) is 1.76. The summed E-state index contributed by atoms with van der Waals surface area (Å²) in [7, 11) is 0. The van der Waals surface area contributed by atoms with Crippen LogP contribution >= 0.6 is 0 Å². The van der Waals surface area contributed by atoms with Crippen molar-refractivity contribution in [3.63, 3.8) is 0 Å². The van der Waals surface area contributed by atoms with Gasteiger partial charge in [-0.15, -0.1) is 0 Å². The van der Waals surface area contributed by atoms with E-state index in [-0.39, 0.29) is 12.8 Å². The molecule has 0 saturated heterocycles. The number of esters is 2. The van der Waals surface area contributed by atoms with Crippen molar-refractivity contribution in [1.82, 2.24) is 0 Å². The number of carbonyl (C=O) groups excluding carboxylic acids is 2. The van der Waals surface area contributed by atoms with Gasteiger partial charge in [0.15, 0.2) is 0 Å². The van der Waals surface area contributed by atoms with Crippen LogP contribution in [0, 0.1) is 0 Å². The first-order valence-corrected chi connectivity index (χ1v) is 8.07. The van der Waals surface area contributed by atoms with E-state index in [1.165, 1.54) is 0 Å². The first-order chi connectivity index (χ1) is 10.3. The van der Waals surface area contributed by atoms with Crippen LogP contribution in [-0.2, 0) is 28.5 Å². The molecule has 0 radical (unpaired) electrons. The van der Waals surface area contributed by atoms with E-state index in [0.29, 0.717) is 6.42 Å². The lowest BCUT2D eigenvalue weighted by Gasteiger charge is -2.26. The minimum atomic E-state index is -0.661. The van der Waals surface area contributed by atoms with Crippen LogP contribution in [0.4, 0.5) is 0 Å². The highest BCUT2D eigenvalue weighted by Gasteiger charge is 2.22. The van der Waals surface area contributed by atoms with Gasteiger partial charge < -0.3 is 18.9 Å². The number of carbonyl (C=O) groups is 2. The summed E-state index contributed by atoms with van der Waals surface area (Å²) in [6, 6.07) is 0. The standard InChI is InChI=1S/C17H32O6/c1-9-15(23-17(6,7)8)21-14(19)11-10-13(18)20-12(2)22-16(3,4)5/h12,15H,9-11H2,1-8H3. The summed E-state index contributed by atoms with van der Waals surface area (Å²) in [6.07, 6.45) is -0.828. The van der Waals surface area contributed by atoms with Crippen LogP contribution in [0.15, 0.2) is 0 Å². The van der Waals surface area contributed by atoms with Crippen LogP contribution in [0.2, 0.25) is 0 Å². The summed E-state index contributed by atoms with van der Waals surface area (Å²) in [5, 5.41) is 0. The Morgan fingerprint density at radius 1 is 0.826 bits per heavy atom. The van der Waals surface area contributed by atoms with Crippen LogP contribution in [0.1, 0.15) is 74.7 Å². The van der Waals surface area contributed by atoms with Gasteiger partial charge in [0.05, 0.1) is 24.0 Å². The molecule has 0 aromatic rings. The Kier molecular flexibility index (Phi) is 8.77. The Hall–Kier alpha value is -1.14. The summed E-state index contributed by atoms with van der Waals surface area (Å²) in [5.74, 6) is -0.981. The third-order valence-electron chi connectivity index (χ3n) is 2.43. The predicted molar refractivity (Wildman–Crippen MR) is 86.6 cm³/mol. The summed E-state index contributed by atoms with van der Waals surface area (Å²) in [5.41, 5.74) is -0.809. The summed E-state index contributed by atoms with van der Waals surface area (Å²) >= 11 is 0. The van der Waals surface area contributed by atoms with Gasteiger partial charge >= 0.3 is 11.9 Å². The lowest BCUT2D eigenvalue weighted by atomic mass is 10.2. The molecule has 0 aliphatic heterocycles. The Balaban J connectivity index is 4.15. The predicted octanol–water partition coefficient (Wildman–Crippen LogP) is 3.57. The van der Waals surface area contributed by atoms with E-state index in [0.717, 1.165) is 0 Å². The molecule has 0 aromatic heterocycles. The molecule has 0 amide bonds. The molecule has 0 rings (SSSR count). The number of hydrogen-bond donors (Lipinski definition) is 0. The maximum atomic E-state index is 11.8. The molecule has 6 nitrogen and oxygen atoms in total. The van der Waals surface area contributed by atoms with Crippen molar-refractivity contribution in [2.75, 3.05) is 0 Å². The van der Waals surface area contributed by atoms with Gasteiger partial charge in [0, 0.05) is 6.42 Å². The molecular formula is C17H32O6. The zero-order valence-electron chi connectivity index (χ0n) is 15.7. The van der Waals surface area contributed by atoms with Gasteiger partial charge in [0.25, 0.3) is 0 Å². The van der Waals surface area contributed by atoms with Gasteiger partial charge in [0.2, 0.25) is 12.6 Å². The molecule has 6 heteroatoms. The molecule has 0 saturated carbocycles. The second-order valence-electron chi connectivity index (χ2n) is 7.35. The van der Waals surface area contributed by atoms with Crippen molar-refractivity contribution in [2.24, 2.45) is 0 Å². The van der Waals surface area contributed by atoms with E-state index in [1.54, 1.807) is 6.92 Å². The first kappa shape index (κ1) is 21.9. The van der Waals surface area contributed by atoms with Gasteiger partial charge in [-0.1, -0.05) is 6.92 Å². The number of rotatable bonds is 8. The molecule has 136 valence electrons. The lowest BCUT2D eigenvalue weighted by molar-refractivity contribution is -0.206. The van der Waals surface area contributed by atoms with Crippen LogP contribution in [0.25, 0.3) is 0 Å². The van der Waals surface area contributed by atoms with E-state index in [2.05, 4.69) is 0 Å². The molecule has 2 unspecified atom stereocenters. The van der Waals surface area contributed by atoms with Gasteiger partial charge in [-0.05, 0) is 48.5 Å². The Bertz CT molecular complexity index is 378. The molecule has 0 heterocycles.